The summed E-state index contributed by atoms with van der Waals surface area (Å²) < 4.78 is 10.3. The number of hydrogen-bond donors (Lipinski definition) is 1. The second-order valence-corrected chi connectivity index (χ2v) is 4.33. The molecule has 2 N–H and O–H groups in total. The first-order valence-corrected chi connectivity index (χ1v) is 7.00. The smallest absolute Gasteiger partial charge is 0.338 e. The number of carbonyl (C=O) groups excluding carboxylic acids is 2. The zero-order chi connectivity index (χ0) is 15.8. The summed E-state index contributed by atoms with van der Waals surface area (Å²) in [7, 11) is 0. The van der Waals surface area contributed by atoms with Crippen molar-refractivity contribution in [2.75, 3.05) is 32.0 Å². The van der Waals surface area contributed by atoms with E-state index in [1.54, 1.807) is 17.0 Å². The summed E-state index contributed by atoms with van der Waals surface area (Å²) in [6, 6.07) is 4.66. The van der Waals surface area contributed by atoms with Crippen LogP contribution >= 0.6 is 0 Å². The lowest BCUT2D eigenvalue weighted by molar-refractivity contribution is -0.134. The van der Waals surface area contributed by atoms with Gasteiger partial charge in [0.2, 0.25) is 0 Å². The summed E-state index contributed by atoms with van der Waals surface area (Å²) in [6.45, 7) is 6.99. The van der Waals surface area contributed by atoms with Crippen LogP contribution < -0.4 is 10.5 Å². The van der Waals surface area contributed by atoms with Crippen LogP contribution in [0.2, 0.25) is 0 Å². The summed E-state index contributed by atoms with van der Waals surface area (Å²) in [6.07, 6.45) is 0. The van der Waals surface area contributed by atoms with Crippen molar-refractivity contribution in [1.29, 1.82) is 0 Å². The Morgan fingerprint density at radius 1 is 1.19 bits per heavy atom. The Kier molecular flexibility index (Phi) is 6.52. The summed E-state index contributed by atoms with van der Waals surface area (Å²) in [5.74, 6) is -0.272. The van der Waals surface area contributed by atoms with Crippen LogP contribution in [0.15, 0.2) is 18.2 Å². The predicted molar refractivity (Wildman–Crippen MR) is 80.2 cm³/mol. The Morgan fingerprint density at radius 2 is 1.86 bits per heavy atom. The largest absolute Gasteiger partial charge is 0.492 e. The fourth-order valence-electron chi connectivity index (χ4n) is 1.84. The van der Waals surface area contributed by atoms with Crippen molar-refractivity contribution in [3.8, 4) is 5.75 Å². The minimum atomic E-state index is -0.578. The normalized spacial score (nSPS) is 10.0. The number of anilines is 1. The molecule has 0 saturated carbocycles. The molecular weight excluding hydrogens is 272 g/mol. The van der Waals surface area contributed by atoms with Gasteiger partial charge in [0.15, 0.2) is 6.61 Å². The van der Waals surface area contributed by atoms with Crippen molar-refractivity contribution in [2.45, 2.75) is 20.8 Å². The monoisotopic (exact) mass is 294 g/mol. The number of nitrogens with two attached hydrogens (primary N) is 1. The number of nitrogens with zero attached hydrogens (tertiary/aromatic N) is 1. The molecule has 116 valence electrons. The van der Waals surface area contributed by atoms with Gasteiger partial charge < -0.3 is 20.1 Å². The number of amides is 1. The van der Waals surface area contributed by atoms with Crippen LogP contribution in [0.5, 0.6) is 5.75 Å². The van der Waals surface area contributed by atoms with E-state index >= 15 is 0 Å². The van der Waals surface area contributed by atoms with Crippen LogP contribution in [0.3, 0.4) is 0 Å². The van der Waals surface area contributed by atoms with Crippen LogP contribution in [0.4, 0.5) is 5.69 Å². The second kappa shape index (κ2) is 8.14. The third kappa shape index (κ3) is 4.66. The summed E-state index contributed by atoms with van der Waals surface area (Å²) in [5.41, 5.74) is 6.44. The van der Waals surface area contributed by atoms with Gasteiger partial charge in [0.05, 0.1) is 17.9 Å². The fourth-order valence-corrected chi connectivity index (χ4v) is 1.84. The standard InChI is InChI=1S/C15H22N2O4/c1-4-17(5-2)14(18)10-21-15(19)11-7-8-13(20-6-3)12(16)9-11/h7-9H,4-6,10,16H2,1-3H3. The Hall–Kier alpha value is -2.24. The average molecular weight is 294 g/mol. The molecule has 1 aromatic rings. The lowest BCUT2D eigenvalue weighted by Gasteiger charge is -2.18. The van der Waals surface area contributed by atoms with Crippen molar-refractivity contribution in [1.82, 2.24) is 4.90 Å². The summed E-state index contributed by atoms with van der Waals surface area (Å²) >= 11 is 0. The molecule has 0 saturated heterocycles. The fraction of sp³-hybridized carbons (Fsp3) is 0.467. The van der Waals surface area contributed by atoms with E-state index in [-0.39, 0.29) is 12.5 Å². The molecule has 0 atom stereocenters. The number of carbonyl (C=O) groups is 2. The molecule has 21 heavy (non-hydrogen) atoms. The van der Waals surface area contributed by atoms with Gasteiger partial charge in [-0.1, -0.05) is 0 Å². The number of esters is 1. The molecule has 1 rings (SSSR count). The van der Waals surface area contributed by atoms with Crippen molar-refractivity contribution in [3.63, 3.8) is 0 Å². The first-order chi connectivity index (χ1) is 10.0. The Bertz CT molecular complexity index is 498. The van der Waals surface area contributed by atoms with E-state index in [4.69, 9.17) is 15.2 Å². The van der Waals surface area contributed by atoms with Gasteiger partial charge in [0.1, 0.15) is 5.75 Å². The molecule has 0 unspecified atom stereocenters. The quantitative estimate of drug-likeness (QED) is 0.611. The molecule has 0 spiro atoms. The van der Waals surface area contributed by atoms with E-state index in [0.29, 0.717) is 36.7 Å². The van der Waals surface area contributed by atoms with Crippen molar-refractivity contribution in [2.24, 2.45) is 0 Å². The SMILES string of the molecule is CCOc1ccc(C(=O)OCC(=O)N(CC)CC)cc1N. The third-order valence-electron chi connectivity index (χ3n) is 2.99. The zero-order valence-corrected chi connectivity index (χ0v) is 12.7. The number of hydrogen-bond acceptors (Lipinski definition) is 5. The predicted octanol–water partition coefficient (Wildman–Crippen LogP) is 1.69. The molecule has 0 aliphatic heterocycles. The highest BCUT2D eigenvalue weighted by molar-refractivity contribution is 5.92. The molecule has 0 aromatic heterocycles. The Labute approximate surface area is 124 Å². The number of ether oxygens (including phenoxy) is 2. The van der Waals surface area contributed by atoms with E-state index in [1.165, 1.54) is 6.07 Å². The molecule has 0 heterocycles. The zero-order valence-electron chi connectivity index (χ0n) is 12.7. The molecular formula is C15H22N2O4. The van der Waals surface area contributed by atoms with E-state index in [0.717, 1.165) is 0 Å². The van der Waals surface area contributed by atoms with Gasteiger partial charge in [-0.05, 0) is 39.0 Å². The second-order valence-electron chi connectivity index (χ2n) is 4.33. The number of rotatable bonds is 7. The average Bonchev–Trinajstić information content (AvgIpc) is 2.48. The van der Waals surface area contributed by atoms with E-state index < -0.39 is 5.97 Å². The van der Waals surface area contributed by atoms with Crippen molar-refractivity contribution >= 4 is 17.6 Å². The number of nitrogen functional groups attached to an aromatic ring is 1. The maximum absolute atomic E-state index is 11.9. The molecule has 0 fully saturated rings. The highest BCUT2D eigenvalue weighted by atomic mass is 16.5. The summed E-state index contributed by atoms with van der Waals surface area (Å²) in [5, 5.41) is 0. The molecule has 0 aliphatic rings. The van der Waals surface area contributed by atoms with Crippen LogP contribution in [0.1, 0.15) is 31.1 Å². The highest BCUT2D eigenvalue weighted by Gasteiger charge is 2.15. The lowest BCUT2D eigenvalue weighted by Crippen LogP contribution is -2.34. The number of likely N-dealkylation sites (N-methyl/N-ethyl adjacent to an activating group) is 1. The third-order valence-corrected chi connectivity index (χ3v) is 2.99. The van der Waals surface area contributed by atoms with Gasteiger partial charge in [-0.2, -0.15) is 0 Å². The van der Waals surface area contributed by atoms with E-state index in [2.05, 4.69) is 0 Å². The van der Waals surface area contributed by atoms with Crippen molar-refractivity contribution in [3.05, 3.63) is 23.8 Å². The molecule has 1 aromatic carbocycles. The maximum Gasteiger partial charge on any atom is 0.338 e. The van der Waals surface area contributed by atoms with Crippen LogP contribution in [-0.4, -0.2) is 43.1 Å². The van der Waals surface area contributed by atoms with E-state index in [1.807, 2.05) is 20.8 Å². The molecule has 0 bridgehead atoms. The van der Waals surface area contributed by atoms with Crippen LogP contribution in [-0.2, 0) is 9.53 Å². The number of benzene rings is 1. The first-order valence-electron chi connectivity index (χ1n) is 7.00. The highest BCUT2D eigenvalue weighted by Crippen LogP contribution is 2.22. The van der Waals surface area contributed by atoms with E-state index in [9.17, 15) is 9.59 Å². The minimum Gasteiger partial charge on any atom is -0.492 e. The van der Waals surface area contributed by atoms with Crippen LogP contribution in [0.25, 0.3) is 0 Å². The van der Waals surface area contributed by atoms with Crippen LogP contribution in [0, 0.1) is 0 Å². The van der Waals surface area contributed by atoms with Gasteiger partial charge in [0, 0.05) is 13.1 Å². The van der Waals surface area contributed by atoms with Gasteiger partial charge in [-0.25, -0.2) is 4.79 Å². The molecule has 6 heteroatoms. The Morgan fingerprint density at radius 3 is 2.38 bits per heavy atom. The van der Waals surface area contributed by atoms with Gasteiger partial charge in [-0.15, -0.1) is 0 Å². The Balaban J connectivity index is 2.64. The van der Waals surface area contributed by atoms with Gasteiger partial charge in [-0.3, -0.25) is 4.79 Å². The minimum absolute atomic E-state index is 0.216. The summed E-state index contributed by atoms with van der Waals surface area (Å²) in [4.78, 5) is 25.2. The lowest BCUT2D eigenvalue weighted by atomic mass is 10.2. The van der Waals surface area contributed by atoms with Crippen molar-refractivity contribution < 1.29 is 19.1 Å². The molecule has 6 nitrogen and oxygen atoms in total. The molecule has 0 radical (unpaired) electrons. The van der Waals surface area contributed by atoms with Gasteiger partial charge in [0.25, 0.3) is 5.91 Å². The molecule has 0 aliphatic carbocycles. The molecule has 1 amide bonds. The topological polar surface area (TPSA) is 81.9 Å². The van der Waals surface area contributed by atoms with Gasteiger partial charge >= 0.3 is 5.97 Å². The maximum atomic E-state index is 11.9. The first kappa shape index (κ1) is 16.8.